The van der Waals surface area contributed by atoms with Crippen molar-refractivity contribution in [2.45, 2.75) is 32.1 Å². The molecule has 0 aliphatic carbocycles. The van der Waals surface area contributed by atoms with Crippen LogP contribution < -0.4 is 0 Å². The Morgan fingerprint density at radius 2 is 1.90 bits per heavy atom. The zero-order valence-electron chi connectivity index (χ0n) is 12.6. The fourth-order valence-electron chi connectivity index (χ4n) is 1.98. The molecule has 4 heteroatoms. The Kier molecular flexibility index (Phi) is 5.89. The minimum atomic E-state index is -0.766. The maximum atomic E-state index is 12.1. The second-order valence-corrected chi connectivity index (χ2v) is 5.22. The van der Waals surface area contributed by atoms with E-state index in [4.69, 9.17) is 9.47 Å². The molecule has 0 spiro atoms. The molecule has 0 unspecified atom stereocenters. The fraction of sp³-hybridized carbons (Fsp3) is 0.500. The first-order valence-electron chi connectivity index (χ1n) is 6.64. The highest BCUT2D eigenvalue weighted by Crippen LogP contribution is 2.25. The molecular formula is C16H22O4. The van der Waals surface area contributed by atoms with E-state index in [-0.39, 0.29) is 11.8 Å². The van der Waals surface area contributed by atoms with Crippen LogP contribution in [0.25, 0.3) is 0 Å². The number of hydrogen-bond acceptors (Lipinski definition) is 4. The highest BCUT2D eigenvalue weighted by Gasteiger charge is 2.31. The standard InChI is InChI=1S/C16H22O4/c1-16(2,15(18)20-4)13-8-5-7-12(11-13)14(17)9-6-10-19-3/h5,7-8,11H,6,9-10H2,1-4H3. The molecule has 0 saturated heterocycles. The molecule has 0 aliphatic rings. The normalized spacial score (nSPS) is 11.2. The summed E-state index contributed by atoms with van der Waals surface area (Å²) >= 11 is 0. The second-order valence-electron chi connectivity index (χ2n) is 5.22. The molecule has 0 atom stereocenters. The number of carbonyl (C=O) groups excluding carboxylic acids is 2. The molecule has 0 bridgehead atoms. The number of carbonyl (C=O) groups is 2. The van der Waals surface area contributed by atoms with E-state index in [9.17, 15) is 9.59 Å². The molecule has 0 saturated carbocycles. The van der Waals surface area contributed by atoms with Gasteiger partial charge in [0.15, 0.2) is 5.78 Å². The van der Waals surface area contributed by atoms with Gasteiger partial charge < -0.3 is 9.47 Å². The van der Waals surface area contributed by atoms with Crippen LogP contribution in [-0.4, -0.2) is 32.6 Å². The lowest BCUT2D eigenvalue weighted by atomic mass is 9.83. The molecule has 0 amide bonds. The zero-order valence-corrected chi connectivity index (χ0v) is 12.6. The minimum absolute atomic E-state index is 0.0598. The molecule has 110 valence electrons. The van der Waals surface area contributed by atoms with Crippen molar-refractivity contribution in [3.8, 4) is 0 Å². The van der Waals surface area contributed by atoms with Crippen molar-refractivity contribution in [1.82, 2.24) is 0 Å². The molecule has 0 aromatic heterocycles. The molecule has 1 aromatic rings. The van der Waals surface area contributed by atoms with Gasteiger partial charge in [-0.1, -0.05) is 18.2 Å². The van der Waals surface area contributed by atoms with Crippen LogP contribution >= 0.6 is 0 Å². The van der Waals surface area contributed by atoms with Gasteiger partial charge in [-0.2, -0.15) is 0 Å². The molecule has 0 heterocycles. The first-order valence-corrected chi connectivity index (χ1v) is 6.64. The summed E-state index contributed by atoms with van der Waals surface area (Å²) < 4.78 is 9.75. The van der Waals surface area contributed by atoms with E-state index in [2.05, 4.69) is 0 Å². The minimum Gasteiger partial charge on any atom is -0.468 e. The van der Waals surface area contributed by atoms with Crippen LogP contribution in [0.1, 0.15) is 42.6 Å². The summed E-state index contributed by atoms with van der Waals surface area (Å²) in [5, 5.41) is 0. The highest BCUT2D eigenvalue weighted by atomic mass is 16.5. The molecule has 0 fully saturated rings. The summed E-state index contributed by atoms with van der Waals surface area (Å²) in [4.78, 5) is 23.9. The third-order valence-corrected chi connectivity index (χ3v) is 3.35. The van der Waals surface area contributed by atoms with Crippen LogP contribution in [0.2, 0.25) is 0 Å². The van der Waals surface area contributed by atoms with Crippen molar-refractivity contribution in [2.24, 2.45) is 0 Å². The van der Waals surface area contributed by atoms with Crippen molar-refractivity contribution in [3.05, 3.63) is 35.4 Å². The summed E-state index contributed by atoms with van der Waals surface area (Å²) in [6.45, 7) is 4.14. The largest absolute Gasteiger partial charge is 0.468 e. The van der Waals surface area contributed by atoms with Crippen LogP contribution in [0.15, 0.2) is 24.3 Å². The quantitative estimate of drug-likeness (QED) is 0.437. The molecule has 20 heavy (non-hydrogen) atoms. The average Bonchev–Trinajstić information content (AvgIpc) is 2.46. The summed E-state index contributed by atoms with van der Waals surface area (Å²) in [5.74, 6) is -0.258. The van der Waals surface area contributed by atoms with Gasteiger partial charge in [-0.25, -0.2) is 0 Å². The number of benzene rings is 1. The lowest BCUT2D eigenvalue weighted by Crippen LogP contribution is -2.30. The van der Waals surface area contributed by atoms with E-state index in [1.54, 1.807) is 39.2 Å². The Morgan fingerprint density at radius 1 is 1.20 bits per heavy atom. The monoisotopic (exact) mass is 278 g/mol. The van der Waals surface area contributed by atoms with E-state index in [0.717, 1.165) is 5.56 Å². The van der Waals surface area contributed by atoms with E-state index >= 15 is 0 Å². The number of esters is 1. The van der Waals surface area contributed by atoms with Crippen molar-refractivity contribution >= 4 is 11.8 Å². The summed E-state index contributed by atoms with van der Waals surface area (Å²) in [7, 11) is 2.98. The second kappa shape index (κ2) is 7.20. The average molecular weight is 278 g/mol. The Labute approximate surface area is 120 Å². The third-order valence-electron chi connectivity index (χ3n) is 3.35. The number of ether oxygens (including phenoxy) is 2. The molecule has 0 N–H and O–H groups in total. The smallest absolute Gasteiger partial charge is 0.315 e. The Bertz CT molecular complexity index is 477. The Balaban J connectivity index is 2.90. The van der Waals surface area contributed by atoms with Gasteiger partial charge in [0.25, 0.3) is 0 Å². The van der Waals surface area contributed by atoms with Gasteiger partial charge in [-0.15, -0.1) is 0 Å². The van der Waals surface area contributed by atoms with E-state index in [1.165, 1.54) is 7.11 Å². The number of ketones is 1. The van der Waals surface area contributed by atoms with Crippen molar-refractivity contribution in [1.29, 1.82) is 0 Å². The maximum absolute atomic E-state index is 12.1. The number of methoxy groups -OCH3 is 2. The van der Waals surface area contributed by atoms with Crippen LogP contribution in [0.4, 0.5) is 0 Å². The lowest BCUT2D eigenvalue weighted by Gasteiger charge is -2.22. The van der Waals surface area contributed by atoms with Gasteiger partial charge in [0, 0.05) is 25.7 Å². The molecule has 4 nitrogen and oxygen atoms in total. The van der Waals surface area contributed by atoms with Gasteiger partial charge in [0.05, 0.1) is 12.5 Å². The predicted molar refractivity (Wildman–Crippen MR) is 76.9 cm³/mol. The topological polar surface area (TPSA) is 52.6 Å². The van der Waals surface area contributed by atoms with Gasteiger partial charge in [0.1, 0.15) is 0 Å². The Morgan fingerprint density at radius 3 is 2.50 bits per heavy atom. The summed E-state index contributed by atoms with van der Waals surface area (Å²) in [6.07, 6.45) is 1.13. The Hall–Kier alpha value is -1.68. The molecular weight excluding hydrogens is 256 g/mol. The van der Waals surface area contributed by atoms with E-state index in [0.29, 0.717) is 25.0 Å². The van der Waals surface area contributed by atoms with Crippen LogP contribution in [-0.2, 0) is 19.7 Å². The van der Waals surface area contributed by atoms with Gasteiger partial charge in [-0.05, 0) is 31.9 Å². The van der Waals surface area contributed by atoms with E-state index in [1.807, 2.05) is 6.07 Å². The van der Waals surface area contributed by atoms with Gasteiger partial charge >= 0.3 is 5.97 Å². The predicted octanol–water partition coefficient (Wildman–Crippen LogP) is 2.75. The third kappa shape index (κ3) is 3.90. The molecule has 0 aliphatic heterocycles. The first-order chi connectivity index (χ1) is 9.43. The van der Waals surface area contributed by atoms with Gasteiger partial charge in [-0.3, -0.25) is 9.59 Å². The molecule has 1 aromatic carbocycles. The van der Waals surface area contributed by atoms with Crippen LogP contribution in [0.3, 0.4) is 0 Å². The summed E-state index contributed by atoms with van der Waals surface area (Å²) in [5.41, 5.74) is 0.634. The van der Waals surface area contributed by atoms with Crippen LogP contribution in [0.5, 0.6) is 0 Å². The van der Waals surface area contributed by atoms with E-state index < -0.39 is 5.41 Å². The molecule has 0 radical (unpaired) electrons. The van der Waals surface area contributed by atoms with Crippen LogP contribution in [0, 0.1) is 0 Å². The van der Waals surface area contributed by atoms with Gasteiger partial charge in [0.2, 0.25) is 0 Å². The zero-order chi connectivity index (χ0) is 15.2. The summed E-state index contributed by atoms with van der Waals surface area (Å²) in [6, 6.07) is 7.17. The first kappa shape index (κ1) is 16.4. The number of rotatable bonds is 7. The highest BCUT2D eigenvalue weighted by molar-refractivity contribution is 5.96. The van der Waals surface area contributed by atoms with Crippen molar-refractivity contribution in [3.63, 3.8) is 0 Å². The van der Waals surface area contributed by atoms with Crippen molar-refractivity contribution in [2.75, 3.05) is 20.8 Å². The fourth-order valence-corrected chi connectivity index (χ4v) is 1.98. The molecule has 1 rings (SSSR count). The number of hydrogen-bond donors (Lipinski definition) is 0. The SMILES string of the molecule is COCCCC(=O)c1cccc(C(C)(C)C(=O)OC)c1. The van der Waals surface area contributed by atoms with Crippen molar-refractivity contribution < 1.29 is 19.1 Å². The maximum Gasteiger partial charge on any atom is 0.315 e. The number of Topliss-reactive ketones (excluding diaryl/α,β-unsaturated/α-hetero) is 1. The lowest BCUT2D eigenvalue weighted by molar-refractivity contribution is -0.146.